The summed E-state index contributed by atoms with van der Waals surface area (Å²) < 4.78 is 12.9. The average molecular weight is 295 g/mol. The molecule has 0 bridgehead atoms. The number of carboxylic acid groups (broad SMARTS) is 2. The van der Waals surface area contributed by atoms with Gasteiger partial charge in [-0.25, -0.2) is 14.0 Å². The molecule has 0 fully saturated rings. The maximum Gasteiger partial charge on any atom is 0.326 e. The van der Waals surface area contributed by atoms with Gasteiger partial charge in [-0.05, 0) is 18.2 Å². The molecule has 110 valence electrons. The first-order chi connectivity index (χ1) is 9.83. The van der Waals surface area contributed by atoms with Crippen LogP contribution in [0.25, 0.3) is 0 Å². The summed E-state index contributed by atoms with van der Waals surface area (Å²) in [4.78, 5) is 32.8. The van der Waals surface area contributed by atoms with Crippen LogP contribution < -0.4 is 10.6 Å². The number of nitrogens with zero attached hydrogens (tertiary/aromatic N) is 1. The van der Waals surface area contributed by atoms with E-state index in [2.05, 4.69) is 5.32 Å². The van der Waals surface area contributed by atoms with Crippen LogP contribution in [-0.2, 0) is 9.59 Å². The molecule has 1 atom stereocenters. The fourth-order valence-electron chi connectivity index (χ4n) is 1.41. The molecule has 0 saturated heterocycles. The molecular weight excluding hydrogens is 285 g/mol. The Morgan fingerprint density at radius 3 is 2.52 bits per heavy atom. The van der Waals surface area contributed by atoms with Crippen LogP contribution in [-0.4, -0.2) is 34.2 Å². The fraction of sp³-hybridized carbons (Fsp3) is 0.167. The molecule has 0 spiro atoms. The summed E-state index contributed by atoms with van der Waals surface area (Å²) in [5, 5.41) is 30.2. The number of benzene rings is 1. The predicted molar refractivity (Wildman–Crippen MR) is 66.9 cm³/mol. The maximum atomic E-state index is 12.9. The Labute approximate surface area is 117 Å². The van der Waals surface area contributed by atoms with Crippen LogP contribution in [0, 0.1) is 17.1 Å². The first-order valence-electron chi connectivity index (χ1n) is 5.55. The molecule has 0 aliphatic heterocycles. The van der Waals surface area contributed by atoms with E-state index >= 15 is 0 Å². The van der Waals surface area contributed by atoms with Gasteiger partial charge in [0.15, 0.2) is 0 Å². The van der Waals surface area contributed by atoms with Crippen molar-refractivity contribution >= 4 is 23.7 Å². The van der Waals surface area contributed by atoms with Gasteiger partial charge in [-0.3, -0.25) is 4.79 Å². The van der Waals surface area contributed by atoms with Crippen molar-refractivity contribution in [3.05, 3.63) is 29.6 Å². The third-order valence-corrected chi connectivity index (χ3v) is 2.33. The lowest BCUT2D eigenvalue weighted by Gasteiger charge is -2.13. The number of carbonyl (C=O) groups is 3. The number of aliphatic carboxylic acids is 2. The summed E-state index contributed by atoms with van der Waals surface area (Å²) >= 11 is 0. The third kappa shape index (κ3) is 4.79. The number of urea groups is 1. The van der Waals surface area contributed by atoms with Crippen molar-refractivity contribution in [2.24, 2.45) is 0 Å². The van der Waals surface area contributed by atoms with E-state index in [1.807, 2.05) is 5.32 Å². The van der Waals surface area contributed by atoms with Crippen molar-refractivity contribution in [2.45, 2.75) is 12.5 Å². The molecule has 0 heterocycles. The summed E-state index contributed by atoms with van der Waals surface area (Å²) in [5.41, 5.74) is -0.189. The normalized spacial score (nSPS) is 11.0. The van der Waals surface area contributed by atoms with E-state index in [-0.39, 0.29) is 11.3 Å². The number of hydrogen-bond donors (Lipinski definition) is 4. The van der Waals surface area contributed by atoms with Crippen LogP contribution in [0.3, 0.4) is 0 Å². The Hall–Kier alpha value is -3.15. The number of carboxylic acids is 2. The molecule has 4 N–H and O–H groups in total. The van der Waals surface area contributed by atoms with Gasteiger partial charge in [0.25, 0.3) is 0 Å². The Morgan fingerprint density at radius 1 is 1.33 bits per heavy atom. The third-order valence-electron chi connectivity index (χ3n) is 2.33. The van der Waals surface area contributed by atoms with E-state index in [0.29, 0.717) is 0 Å². The summed E-state index contributed by atoms with van der Waals surface area (Å²) in [6.45, 7) is 0. The number of anilines is 1. The van der Waals surface area contributed by atoms with Crippen molar-refractivity contribution in [3.63, 3.8) is 0 Å². The van der Waals surface area contributed by atoms with E-state index in [1.165, 1.54) is 0 Å². The highest BCUT2D eigenvalue weighted by atomic mass is 19.1. The number of hydrogen-bond acceptors (Lipinski definition) is 4. The molecule has 1 aromatic rings. The molecular formula is C12H10FN3O5. The lowest BCUT2D eigenvalue weighted by Crippen LogP contribution is -2.44. The predicted octanol–water partition coefficient (Wildman–Crippen LogP) is 0.747. The van der Waals surface area contributed by atoms with Gasteiger partial charge in [0, 0.05) is 0 Å². The maximum absolute atomic E-state index is 12.9. The Kier molecular flexibility index (Phi) is 5.19. The van der Waals surface area contributed by atoms with Crippen LogP contribution in [0.5, 0.6) is 0 Å². The van der Waals surface area contributed by atoms with Gasteiger partial charge in [0.1, 0.15) is 17.9 Å². The minimum atomic E-state index is -1.63. The SMILES string of the molecule is N#Cc1cc(F)ccc1NC(=O)NC(CC(=O)O)C(=O)O. The van der Waals surface area contributed by atoms with E-state index in [9.17, 15) is 18.8 Å². The number of halogens is 1. The van der Waals surface area contributed by atoms with E-state index < -0.39 is 36.2 Å². The molecule has 21 heavy (non-hydrogen) atoms. The quantitative estimate of drug-likeness (QED) is 0.632. The smallest absolute Gasteiger partial charge is 0.326 e. The van der Waals surface area contributed by atoms with Crippen molar-refractivity contribution in [1.82, 2.24) is 5.32 Å². The molecule has 1 unspecified atom stereocenters. The van der Waals surface area contributed by atoms with Crippen LogP contribution in [0.2, 0.25) is 0 Å². The second kappa shape index (κ2) is 6.85. The molecule has 8 nitrogen and oxygen atoms in total. The van der Waals surface area contributed by atoms with Crippen molar-refractivity contribution < 1.29 is 29.0 Å². The van der Waals surface area contributed by atoms with E-state index in [0.717, 1.165) is 18.2 Å². The Bertz CT molecular complexity index is 626. The summed E-state index contributed by atoms with van der Waals surface area (Å²) in [7, 11) is 0. The lowest BCUT2D eigenvalue weighted by molar-refractivity contribution is -0.145. The number of amides is 2. The minimum absolute atomic E-state index is 0.0316. The molecule has 0 aliphatic rings. The van der Waals surface area contributed by atoms with Crippen molar-refractivity contribution in [3.8, 4) is 6.07 Å². The van der Waals surface area contributed by atoms with Crippen LogP contribution in [0.4, 0.5) is 14.9 Å². The monoisotopic (exact) mass is 295 g/mol. The molecule has 1 aromatic carbocycles. The van der Waals surface area contributed by atoms with Crippen molar-refractivity contribution in [2.75, 3.05) is 5.32 Å². The topological polar surface area (TPSA) is 140 Å². The summed E-state index contributed by atoms with van der Waals surface area (Å²) in [6, 6.07) is 2.02. The molecule has 2 amide bonds. The standard InChI is InChI=1S/C12H10FN3O5/c13-7-1-2-8(6(3-7)5-14)15-12(21)16-9(11(19)20)4-10(17)18/h1-3,9H,4H2,(H,17,18)(H,19,20)(H2,15,16,21). The largest absolute Gasteiger partial charge is 0.481 e. The minimum Gasteiger partial charge on any atom is -0.481 e. The molecule has 0 radical (unpaired) electrons. The highest BCUT2D eigenvalue weighted by Crippen LogP contribution is 2.15. The molecule has 1 rings (SSSR count). The van der Waals surface area contributed by atoms with Gasteiger partial charge >= 0.3 is 18.0 Å². The van der Waals surface area contributed by atoms with Gasteiger partial charge in [-0.2, -0.15) is 5.26 Å². The van der Waals surface area contributed by atoms with Crippen LogP contribution in [0.1, 0.15) is 12.0 Å². The van der Waals surface area contributed by atoms with Crippen LogP contribution >= 0.6 is 0 Å². The molecule has 0 aromatic heterocycles. The highest BCUT2D eigenvalue weighted by molar-refractivity contribution is 5.94. The second-order valence-electron chi connectivity index (χ2n) is 3.89. The summed E-state index contributed by atoms with van der Waals surface area (Å²) in [6.07, 6.45) is -0.808. The number of rotatable bonds is 5. The zero-order valence-electron chi connectivity index (χ0n) is 10.5. The first kappa shape index (κ1) is 15.9. The van der Waals surface area contributed by atoms with Gasteiger partial charge in [-0.15, -0.1) is 0 Å². The first-order valence-corrected chi connectivity index (χ1v) is 5.55. The second-order valence-corrected chi connectivity index (χ2v) is 3.89. The van der Waals surface area contributed by atoms with E-state index in [4.69, 9.17) is 15.5 Å². The van der Waals surface area contributed by atoms with Crippen LogP contribution in [0.15, 0.2) is 18.2 Å². The molecule has 9 heteroatoms. The summed E-state index contributed by atoms with van der Waals surface area (Å²) in [5.74, 6) is -3.60. The fourth-order valence-corrected chi connectivity index (χ4v) is 1.41. The lowest BCUT2D eigenvalue weighted by atomic mass is 10.2. The Balaban J connectivity index is 2.79. The zero-order valence-corrected chi connectivity index (χ0v) is 10.5. The Morgan fingerprint density at radius 2 is 2.00 bits per heavy atom. The average Bonchev–Trinajstić information content (AvgIpc) is 2.39. The number of nitrogens with one attached hydrogen (secondary N) is 2. The highest BCUT2D eigenvalue weighted by Gasteiger charge is 2.23. The van der Waals surface area contributed by atoms with E-state index in [1.54, 1.807) is 6.07 Å². The molecule has 0 aliphatic carbocycles. The van der Waals surface area contributed by atoms with Crippen molar-refractivity contribution in [1.29, 1.82) is 5.26 Å². The van der Waals surface area contributed by atoms with Gasteiger partial charge in [0.2, 0.25) is 0 Å². The molecule has 0 saturated carbocycles. The number of carbonyl (C=O) groups excluding carboxylic acids is 1. The van der Waals surface area contributed by atoms with Gasteiger partial charge in [0.05, 0.1) is 17.7 Å². The van der Waals surface area contributed by atoms with Gasteiger partial charge < -0.3 is 20.8 Å². The van der Waals surface area contributed by atoms with Gasteiger partial charge in [-0.1, -0.05) is 0 Å². The zero-order chi connectivity index (χ0) is 16.0. The number of nitriles is 1.